The minimum absolute atomic E-state index is 0.0463. The highest BCUT2D eigenvalue weighted by Gasteiger charge is 2.53. The molecule has 0 radical (unpaired) electrons. The number of nitrogens with two attached hydrogens (primary N) is 4. The highest BCUT2D eigenvalue weighted by molar-refractivity contribution is 5.82. The molecule has 3 rings (SSSR count). The van der Waals surface area contributed by atoms with E-state index in [1.165, 1.54) is 0 Å². The Labute approximate surface area is 256 Å². The number of amides is 1. The van der Waals surface area contributed by atoms with Gasteiger partial charge >= 0.3 is 0 Å². The second-order valence-corrected chi connectivity index (χ2v) is 11.4. The van der Waals surface area contributed by atoms with Crippen LogP contribution in [-0.2, 0) is 23.7 Å². The average Bonchev–Trinajstić information content (AvgIpc) is 3.01. The van der Waals surface area contributed by atoms with E-state index in [1.807, 2.05) is 0 Å². The number of nitrogens with one attached hydrogen (secondary N) is 2. The first kappa shape index (κ1) is 38.1. The van der Waals surface area contributed by atoms with Crippen molar-refractivity contribution in [1.29, 1.82) is 0 Å². The third-order valence-electron chi connectivity index (χ3n) is 8.17. The van der Waals surface area contributed by atoms with Crippen LogP contribution in [-0.4, -0.2) is 183 Å². The molecule has 21 heteroatoms. The lowest BCUT2D eigenvalue weighted by molar-refractivity contribution is -0.320. The van der Waals surface area contributed by atoms with E-state index in [4.69, 9.17) is 47.0 Å². The summed E-state index contributed by atoms with van der Waals surface area (Å²) in [6, 6.07) is -5.44. The normalized spacial score (nSPS) is 43.6. The van der Waals surface area contributed by atoms with Gasteiger partial charge in [-0.15, -0.1) is 0 Å². The van der Waals surface area contributed by atoms with Gasteiger partial charge in [0.1, 0.15) is 54.9 Å². The summed E-state index contributed by atoms with van der Waals surface area (Å²) in [5, 5.41) is 86.5. The molecule has 16 atom stereocenters. The van der Waals surface area contributed by atoms with Gasteiger partial charge in [0.05, 0.1) is 37.9 Å². The Kier molecular flexibility index (Phi) is 13.7. The Hall–Kier alpha value is -1.35. The van der Waals surface area contributed by atoms with Crippen molar-refractivity contribution in [2.45, 2.75) is 110 Å². The first-order valence-electron chi connectivity index (χ1n) is 14.4. The second-order valence-electron chi connectivity index (χ2n) is 11.4. The van der Waals surface area contributed by atoms with Crippen molar-refractivity contribution >= 4 is 5.91 Å². The first-order valence-corrected chi connectivity index (χ1v) is 14.4. The number of hydrogen-bond acceptors (Lipinski definition) is 18. The van der Waals surface area contributed by atoms with Crippen molar-refractivity contribution in [2.24, 2.45) is 22.9 Å². The SMILES string of the molecule is NCC(F)(F)C(O)C(=O)N[C@@H]1C[C@H](N)[C@@H](O[C@H]2O[C@H](CNCCO)[C@@H](O)[C@H](O)[C@H]2N)[C@H](O)[C@H]1O[C@H]1O[C@H](CO)[C@@H](O)[C@H](N)[C@H]1O. The molecule has 18 N–H and O–H groups in total. The lowest BCUT2D eigenvalue weighted by Gasteiger charge is -2.49. The maximum atomic E-state index is 14.0. The lowest BCUT2D eigenvalue weighted by atomic mass is 9.83. The number of rotatable bonds is 13. The molecule has 0 aromatic rings. The summed E-state index contributed by atoms with van der Waals surface area (Å²) in [4.78, 5) is 12.6. The summed E-state index contributed by atoms with van der Waals surface area (Å²) >= 11 is 0. The molecule has 3 fully saturated rings. The van der Waals surface area contributed by atoms with Crippen molar-refractivity contribution in [3.8, 4) is 0 Å². The molecule has 1 unspecified atom stereocenters. The molecule has 1 saturated carbocycles. The number of carbonyl (C=O) groups excluding carboxylic acids is 1. The number of halogens is 2. The largest absolute Gasteiger partial charge is 0.395 e. The summed E-state index contributed by atoms with van der Waals surface area (Å²) in [6.45, 7) is -2.26. The molecule has 45 heavy (non-hydrogen) atoms. The Morgan fingerprint density at radius 2 is 1.51 bits per heavy atom. The fourth-order valence-electron chi connectivity index (χ4n) is 5.41. The third-order valence-corrected chi connectivity index (χ3v) is 8.17. The van der Waals surface area contributed by atoms with Crippen LogP contribution in [0.5, 0.6) is 0 Å². The zero-order chi connectivity index (χ0) is 33.8. The molecular formula is C24H46F2N6O13. The van der Waals surface area contributed by atoms with E-state index < -0.39 is 123 Å². The van der Waals surface area contributed by atoms with Gasteiger partial charge < -0.3 is 93.4 Å². The quantitative estimate of drug-likeness (QED) is 0.0812. The number of aliphatic hydroxyl groups excluding tert-OH is 8. The molecule has 0 bridgehead atoms. The van der Waals surface area contributed by atoms with E-state index >= 15 is 0 Å². The van der Waals surface area contributed by atoms with Crippen LogP contribution in [0.15, 0.2) is 0 Å². The smallest absolute Gasteiger partial charge is 0.294 e. The topological polar surface area (TPSA) is 344 Å². The monoisotopic (exact) mass is 664 g/mol. The van der Waals surface area contributed by atoms with Crippen LogP contribution in [0.4, 0.5) is 8.78 Å². The van der Waals surface area contributed by atoms with E-state index in [2.05, 4.69) is 10.6 Å². The molecule has 1 amide bonds. The fraction of sp³-hybridized carbons (Fsp3) is 0.958. The minimum atomic E-state index is -4.02. The Balaban J connectivity index is 1.87. The molecule has 3 aliphatic rings. The van der Waals surface area contributed by atoms with Gasteiger partial charge in [-0.2, -0.15) is 0 Å². The van der Waals surface area contributed by atoms with Gasteiger partial charge in [0, 0.05) is 19.1 Å². The summed E-state index contributed by atoms with van der Waals surface area (Å²) in [5.41, 5.74) is 23.1. The van der Waals surface area contributed by atoms with Crippen LogP contribution >= 0.6 is 0 Å². The molecule has 2 aliphatic heterocycles. The van der Waals surface area contributed by atoms with Gasteiger partial charge in [-0.3, -0.25) is 4.79 Å². The zero-order valence-electron chi connectivity index (χ0n) is 24.2. The van der Waals surface area contributed by atoms with Crippen LogP contribution in [0, 0.1) is 0 Å². The van der Waals surface area contributed by atoms with Gasteiger partial charge in [0.25, 0.3) is 11.8 Å². The fourth-order valence-corrected chi connectivity index (χ4v) is 5.41. The first-order chi connectivity index (χ1) is 21.1. The highest BCUT2D eigenvalue weighted by atomic mass is 19.3. The summed E-state index contributed by atoms with van der Waals surface area (Å²) < 4.78 is 50.7. The molecule has 19 nitrogen and oxygen atoms in total. The molecule has 0 spiro atoms. The zero-order valence-corrected chi connectivity index (χ0v) is 24.2. The van der Waals surface area contributed by atoms with Gasteiger partial charge in [-0.25, -0.2) is 8.78 Å². The summed E-state index contributed by atoms with van der Waals surface area (Å²) in [5.74, 6) is -5.62. The average molecular weight is 665 g/mol. The number of ether oxygens (including phenoxy) is 4. The van der Waals surface area contributed by atoms with Gasteiger partial charge in [0.2, 0.25) is 0 Å². The highest BCUT2D eigenvalue weighted by Crippen LogP contribution is 2.32. The molecule has 2 saturated heterocycles. The van der Waals surface area contributed by atoms with E-state index in [9.17, 15) is 49.3 Å². The van der Waals surface area contributed by atoms with E-state index in [-0.39, 0.29) is 26.1 Å². The minimum Gasteiger partial charge on any atom is -0.395 e. The summed E-state index contributed by atoms with van der Waals surface area (Å²) in [6.07, 6.45) is -20.3. The molecule has 0 aromatic carbocycles. The van der Waals surface area contributed by atoms with E-state index in [0.717, 1.165) is 0 Å². The van der Waals surface area contributed by atoms with Crippen LogP contribution in [0.3, 0.4) is 0 Å². The van der Waals surface area contributed by atoms with E-state index in [1.54, 1.807) is 0 Å². The van der Waals surface area contributed by atoms with Crippen molar-refractivity contribution < 1.29 is 73.4 Å². The lowest BCUT2D eigenvalue weighted by Crippen LogP contribution is -2.70. The third kappa shape index (κ3) is 8.58. The second kappa shape index (κ2) is 16.2. The van der Waals surface area contributed by atoms with E-state index in [0.29, 0.717) is 0 Å². The molecular weight excluding hydrogens is 618 g/mol. The predicted octanol–water partition coefficient (Wildman–Crippen LogP) is -8.59. The number of aliphatic hydroxyl groups is 8. The van der Waals surface area contributed by atoms with Gasteiger partial charge in [-0.05, 0) is 6.42 Å². The molecule has 2 heterocycles. The van der Waals surface area contributed by atoms with Crippen LogP contribution < -0.4 is 33.6 Å². The Morgan fingerprint density at radius 1 is 0.889 bits per heavy atom. The standard InChI is InChI=1S/C24H46F2N6O13/c25-24(26,6-27)20(40)21(41)32-8-3-7(28)18(44-22-12(30)15(37)14(36)9(42-22)4-31-1-2-33)17(39)19(8)45-23-16(38)11(29)13(35)10(5-34)43-23/h7-20,22-23,31,33-40H,1-6,27-30H2,(H,32,41)/t7-,8+,9+,10+,11-,12+,13+,14+,15+,16+,17-,18+,19-,20?,22+,23+/m0/s1. The van der Waals surface area contributed by atoms with Crippen molar-refractivity contribution in [3.05, 3.63) is 0 Å². The van der Waals surface area contributed by atoms with Crippen LogP contribution in [0.25, 0.3) is 0 Å². The number of alkyl halides is 2. The van der Waals surface area contributed by atoms with Gasteiger partial charge in [-0.1, -0.05) is 0 Å². The molecule has 0 aromatic heterocycles. The summed E-state index contributed by atoms with van der Waals surface area (Å²) in [7, 11) is 0. The maximum Gasteiger partial charge on any atom is 0.294 e. The van der Waals surface area contributed by atoms with Crippen molar-refractivity contribution in [1.82, 2.24) is 10.6 Å². The van der Waals surface area contributed by atoms with Crippen LogP contribution in [0.1, 0.15) is 6.42 Å². The maximum absolute atomic E-state index is 14.0. The van der Waals surface area contributed by atoms with Crippen molar-refractivity contribution in [3.63, 3.8) is 0 Å². The Bertz CT molecular complexity index is 950. The van der Waals surface area contributed by atoms with Crippen molar-refractivity contribution in [2.75, 3.05) is 32.8 Å². The Morgan fingerprint density at radius 3 is 2.11 bits per heavy atom. The molecule has 264 valence electrons. The number of hydrogen-bond donors (Lipinski definition) is 14. The molecule has 1 aliphatic carbocycles. The van der Waals surface area contributed by atoms with Crippen LogP contribution in [0.2, 0.25) is 0 Å². The predicted molar refractivity (Wildman–Crippen MR) is 145 cm³/mol. The van der Waals surface area contributed by atoms with Gasteiger partial charge in [0.15, 0.2) is 18.7 Å². The number of carbonyl (C=O) groups is 1.